The van der Waals surface area contributed by atoms with Crippen LogP contribution in [0.15, 0.2) is 4.42 Å². The molecular weight excluding hydrogens is 240 g/mol. The highest BCUT2D eigenvalue weighted by Gasteiger charge is 2.42. The summed E-state index contributed by atoms with van der Waals surface area (Å²) in [6.07, 6.45) is 1.88. The number of halogens is 3. The average molecular weight is 252 g/mol. The second kappa shape index (κ2) is 3.92. The summed E-state index contributed by atoms with van der Waals surface area (Å²) in [5, 5.41) is 10.4. The molecule has 0 amide bonds. The molecule has 2 fully saturated rings. The van der Waals surface area contributed by atoms with E-state index in [1.807, 2.05) is 0 Å². The lowest BCUT2D eigenvalue weighted by Gasteiger charge is -2.04. The number of rotatable bonds is 2. The van der Waals surface area contributed by atoms with Gasteiger partial charge < -0.3 is 4.42 Å². The molecule has 1 aromatic heterocycles. The number of nitrogens with one attached hydrogen (secondary N) is 1. The molecule has 1 atom stereocenters. The molecule has 1 saturated carbocycles. The van der Waals surface area contributed by atoms with Crippen LogP contribution in [-0.4, -0.2) is 22.7 Å². The summed E-state index contributed by atoms with van der Waals surface area (Å²) in [6.45, 7) is -0.307. The van der Waals surface area contributed by atoms with E-state index in [-0.39, 0.29) is 25.4 Å². The van der Waals surface area contributed by atoms with E-state index in [4.69, 9.17) is 4.42 Å². The molecule has 0 radical (unpaired) electrons. The van der Waals surface area contributed by atoms with Crippen LogP contribution < -0.4 is 5.32 Å². The number of nitrogens with zero attached hydrogens (tertiary/aromatic N) is 2. The van der Waals surface area contributed by atoms with Gasteiger partial charge in [-0.1, -0.05) is 0 Å². The molecule has 0 bridgehead atoms. The zero-order chi connectivity index (χ0) is 10.5. The fourth-order valence-electron chi connectivity index (χ4n) is 1.77. The van der Waals surface area contributed by atoms with E-state index in [2.05, 4.69) is 15.5 Å². The Morgan fingerprint density at radius 2 is 1.94 bits per heavy atom. The minimum atomic E-state index is -2.65. The molecule has 1 N–H and O–H groups in total. The van der Waals surface area contributed by atoms with E-state index in [9.17, 15) is 8.78 Å². The third kappa shape index (κ3) is 2.17. The summed E-state index contributed by atoms with van der Waals surface area (Å²) in [4.78, 5) is 0. The summed E-state index contributed by atoms with van der Waals surface area (Å²) in [5.74, 6) is -1.39. The molecule has 0 unspecified atom stereocenters. The van der Waals surface area contributed by atoms with Crippen molar-refractivity contribution in [2.24, 2.45) is 0 Å². The highest BCUT2D eigenvalue weighted by atomic mass is 35.5. The minimum Gasteiger partial charge on any atom is -0.423 e. The molecule has 4 nitrogen and oxygen atoms in total. The van der Waals surface area contributed by atoms with E-state index < -0.39 is 12.0 Å². The smallest absolute Gasteiger partial charge is 0.262 e. The van der Waals surface area contributed by atoms with Crippen LogP contribution in [0, 0.1) is 0 Å². The predicted octanol–water partition coefficient (Wildman–Crippen LogP) is 2.04. The van der Waals surface area contributed by atoms with Gasteiger partial charge in [-0.2, -0.15) is 0 Å². The topological polar surface area (TPSA) is 51.0 Å². The maximum atomic E-state index is 12.9. The van der Waals surface area contributed by atoms with Gasteiger partial charge in [0, 0.05) is 12.3 Å². The van der Waals surface area contributed by atoms with Crippen LogP contribution in [0.2, 0.25) is 0 Å². The Labute approximate surface area is 97.2 Å². The van der Waals surface area contributed by atoms with Crippen molar-refractivity contribution in [2.75, 3.05) is 6.54 Å². The highest BCUT2D eigenvalue weighted by Crippen LogP contribution is 2.40. The van der Waals surface area contributed by atoms with Crippen molar-refractivity contribution in [1.29, 1.82) is 0 Å². The normalized spacial score (nSPS) is 27.8. The van der Waals surface area contributed by atoms with E-state index >= 15 is 0 Å². The Balaban J connectivity index is 0.000000963. The molecule has 3 rings (SSSR count). The molecule has 16 heavy (non-hydrogen) atoms. The van der Waals surface area contributed by atoms with Crippen LogP contribution in [0.4, 0.5) is 8.78 Å². The highest BCUT2D eigenvalue weighted by molar-refractivity contribution is 5.85. The van der Waals surface area contributed by atoms with Crippen molar-refractivity contribution in [3.63, 3.8) is 0 Å². The molecule has 2 aliphatic rings. The second-order valence-corrected chi connectivity index (χ2v) is 4.25. The Bertz CT molecular complexity index is 381. The van der Waals surface area contributed by atoms with Gasteiger partial charge in [0.15, 0.2) is 0 Å². The molecular formula is C9H12ClF2N3O. The molecule has 0 aromatic carbocycles. The van der Waals surface area contributed by atoms with E-state index in [0.29, 0.717) is 17.7 Å². The molecule has 1 aliphatic heterocycles. The fraction of sp³-hybridized carbons (Fsp3) is 0.778. The molecule has 7 heteroatoms. The van der Waals surface area contributed by atoms with Gasteiger partial charge in [0.05, 0.1) is 12.6 Å². The summed E-state index contributed by atoms with van der Waals surface area (Å²) < 4.78 is 31.2. The van der Waals surface area contributed by atoms with Gasteiger partial charge in [-0.15, -0.1) is 22.6 Å². The summed E-state index contributed by atoms with van der Waals surface area (Å²) in [6, 6.07) is -0.486. The molecule has 90 valence electrons. The molecule has 1 aromatic rings. The first-order valence-corrected chi connectivity index (χ1v) is 5.08. The first kappa shape index (κ1) is 11.7. The number of alkyl halides is 2. The largest absolute Gasteiger partial charge is 0.423 e. The Morgan fingerprint density at radius 1 is 1.25 bits per heavy atom. The molecule has 2 heterocycles. The lowest BCUT2D eigenvalue weighted by Crippen LogP contribution is -2.19. The first-order chi connectivity index (χ1) is 7.14. The van der Waals surface area contributed by atoms with Crippen LogP contribution >= 0.6 is 12.4 Å². The standard InChI is InChI=1S/C9H11F2N3O.ClH/c10-9(11)3-6(12-4-9)8-14-13-7(15-8)5-1-2-5;/h5-6,12H,1-4H2;1H/t6-;/m0./s1. The quantitative estimate of drug-likeness (QED) is 0.874. The van der Waals surface area contributed by atoms with Crippen LogP contribution in [0.25, 0.3) is 0 Å². The summed E-state index contributed by atoms with van der Waals surface area (Å²) >= 11 is 0. The fourth-order valence-corrected chi connectivity index (χ4v) is 1.77. The van der Waals surface area contributed by atoms with Crippen molar-refractivity contribution in [3.8, 4) is 0 Å². The Morgan fingerprint density at radius 3 is 2.50 bits per heavy atom. The molecule has 1 aliphatic carbocycles. The number of hydrogen-bond acceptors (Lipinski definition) is 4. The third-order valence-corrected chi connectivity index (χ3v) is 2.79. The van der Waals surface area contributed by atoms with Crippen LogP contribution in [0.3, 0.4) is 0 Å². The monoisotopic (exact) mass is 251 g/mol. The number of hydrogen-bond donors (Lipinski definition) is 1. The third-order valence-electron chi connectivity index (χ3n) is 2.79. The van der Waals surface area contributed by atoms with Gasteiger partial charge >= 0.3 is 0 Å². The second-order valence-electron chi connectivity index (χ2n) is 4.25. The maximum absolute atomic E-state index is 12.9. The van der Waals surface area contributed by atoms with Crippen molar-refractivity contribution in [3.05, 3.63) is 11.8 Å². The number of aromatic nitrogens is 2. The zero-order valence-electron chi connectivity index (χ0n) is 8.45. The lowest BCUT2D eigenvalue weighted by atomic mass is 10.2. The zero-order valence-corrected chi connectivity index (χ0v) is 9.27. The van der Waals surface area contributed by atoms with Crippen molar-refractivity contribution < 1.29 is 13.2 Å². The molecule has 0 spiro atoms. The van der Waals surface area contributed by atoms with Gasteiger partial charge in [0.1, 0.15) is 0 Å². The van der Waals surface area contributed by atoms with Crippen LogP contribution in [0.1, 0.15) is 43.0 Å². The summed E-state index contributed by atoms with van der Waals surface area (Å²) in [5.41, 5.74) is 0. The Kier molecular flexibility index (Phi) is 2.88. The van der Waals surface area contributed by atoms with Gasteiger partial charge in [0.25, 0.3) is 5.92 Å². The van der Waals surface area contributed by atoms with Crippen molar-refractivity contribution >= 4 is 12.4 Å². The predicted molar refractivity (Wildman–Crippen MR) is 53.8 cm³/mol. The van der Waals surface area contributed by atoms with E-state index in [1.165, 1.54) is 0 Å². The van der Waals surface area contributed by atoms with Crippen molar-refractivity contribution in [1.82, 2.24) is 15.5 Å². The van der Waals surface area contributed by atoms with Crippen LogP contribution in [-0.2, 0) is 0 Å². The van der Waals surface area contributed by atoms with Gasteiger partial charge in [-0.3, -0.25) is 5.32 Å². The Hall–Kier alpha value is -0.750. The molecule has 1 saturated heterocycles. The SMILES string of the molecule is Cl.FC1(F)CN[C@H](c2nnc(C3CC3)o2)C1. The van der Waals surface area contributed by atoms with Gasteiger partial charge in [0.2, 0.25) is 11.8 Å². The minimum absolute atomic E-state index is 0. The average Bonchev–Trinajstić information content (AvgIpc) is 2.79. The maximum Gasteiger partial charge on any atom is 0.262 e. The van der Waals surface area contributed by atoms with Crippen LogP contribution in [0.5, 0.6) is 0 Å². The van der Waals surface area contributed by atoms with E-state index in [1.54, 1.807) is 0 Å². The first-order valence-electron chi connectivity index (χ1n) is 5.08. The van der Waals surface area contributed by atoms with E-state index in [0.717, 1.165) is 12.8 Å². The summed E-state index contributed by atoms with van der Waals surface area (Å²) in [7, 11) is 0. The van der Waals surface area contributed by atoms with Gasteiger partial charge in [-0.05, 0) is 12.8 Å². The lowest BCUT2D eigenvalue weighted by molar-refractivity contribution is 0.0202. The van der Waals surface area contributed by atoms with Crippen molar-refractivity contribution in [2.45, 2.75) is 37.1 Å². The van der Waals surface area contributed by atoms with Gasteiger partial charge in [-0.25, -0.2) is 8.78 Å².